The third kappa shape index (κ3) is 4.01. The molecule has 0 saturated carbocycles. The first kappa shape index (κ1) is 16.7. The zero-order valence-corrected chi connectivity index (χ0v) is 14.6. The Kier molecular flexibility index (Phi) is 5.49. The van der Waals surface area contributed by atoms with E-state index in [0.29, 0.717) is 0 Å². The second kappa shape index (κ2) is 7.58. The van der Waals surface area contributed by atoms with Crippen LogP contribution in [0.15, 0.2) is 24.3 Å². The number of hydrogen-bond donors (Lipinski definition) is 0. The lowest BCUT2D eigenvalue weighted by atomic mass is 10.1. The molecule has 2 fully saturated rings. The molecule has 1 aromatic carbocycles. The Balaban J connectivity index is 1.54. The van der Waals surface area contributed by atoms with Crippen LogP contribution in [0.3, 0.4) is 0 Å². The number of benzene rings is 1. The topological polar surface area (TPSA) is 38.8 Å². The van der Waals surface area contributed by atoms with Crippen LogP contribution in [0.25, 0.3) is 0 Å². The van der Waals surface area contributed by atoms with Crippen molar-refractivity contribution in [2.45, 2.75) is 37.5 Å². The van der Waals surface area contributed by atoms with Gasteiger partial charge in [-0.3, -0.25) is 4.79 Å². The van der Waals surface area contributed by atoms with E-state index in [1.165, 1.54) is 0 Å². The van der Waals surface area contributed by atoms with Gasteiger partial charge in [0, 0.05) is 37.2 Å². The molecule has 0 unspecified atom stereocenters. The fourth-order valence-corrected chi connectivity index (χ4v) is 4.22. The van der Waals surface area contributed by atoms with E-state index in [1.54, 1.807) is 0 Å². The van der Waals surface area contributed by atoms with Gasteiger partial charge in [0.05, 0.1) is 13.2 Å². The van der Waals surface area contributed by atoms with Crippen molar-refractivity contribution < 1.29 is 14.3 Å². The van der Waals surface area contributed by atoms with Gasteiger partial charge in [0.15, 0.2) is 0 Å². The van der Waals surface area contributed by atoms with Crippen LogP contribution < -0.4 is 4.74 Å². The van der Waals surface area contributed by atoms with Crippen molar-refractivity contribution in [1.82, 2.24) is 4.90 Å². The summed E-state index contributed by atoms with van der Waals surface area (Å²) >= 11 is 1.91. The van der Waals surface area contributed by atoms with Gasteiger partial charge in [0.2, 0.25) is 0 Å². The summed E-state index contributed by atoms with van der Waals surface area (Å²) < 4.78 is 11.5. The highest BCUT2D eigenvalue weighted by molar-refractivity contribution is 8.00. The van der Waals surface area contributed by atoms with Crippen molar-refractivity contribution in [3.63, 3.8) is 0 Å². The number of carbonyl (C=O) groups excluding carboxylic acids is 1. The van der Waals surface area contributed by atoms with Crippen LogP contribution in [0.1, 0.15) is 43.0 Å². The molecule has 2 aliphatic rings. The highest BCUT2D eigenvalue weighted by Crippen LogP contribution is 2.41. The maximum Gasteiger partial charge on any atom is 0.253 e. The first-order chi connectivity index (χ1) is 11.2. The fraction of sp³-hybridized carbons (Fsp3) is 0.611. The highest BCUT2D eigenvalue weighted by atomic mass is 32.2. The van der Waals surface area contributed by atoms with Crippen LogP contribution in [-0.4, -0.2) is 47.8 Å². The number of carbonyl (C=O) groups is 1. The molecule has 0 atom stereocenters. The summed E-state index contributed by atoms with van der Waals surface area (Å²) in [4.78, 5) is 14.5. The minimum Gasteiger partial charge on any atom is -0.494 e. The SMILES string of the molecule is CCCCOc1ccc(C(=O)N2CCC3(CC2)OCCS3)cc1. The summed E-state index contributed by atoms with van der Waals surface area (Å²) in [5, 5.41) is 0. The lowest BCUT2D eigenvalue weighted by Gasteiger charge is -2.37. The third-order valence-corrected chi connectivity index (χ3v) is 5.92. The molecule has 0 N–H and O–H groups in total. The third-order valence-electron chi connectivity index (χ3n) is 4.49. The minimum atomic E-state index is -0.0201. The molecule has 0 bridgehead atoms. The average molecular weight is 335 g/mol. The molecule has 23 heavy (non-hydrogen) atoms. The predicted octanol–water partition coefficient (Wildman–Crippen LogP) is 3.56. The van der Waals surface area contributed by atoms with Crippen molar-refractivity contribution in [3.05, 3.63) is 29.8 Å². The standard InChI is InChI=1S/C18H25NO3S/c1-2-3-12-21-16-6-4-15(5-7-16)17(20)19-10-8-18(9-11-19)22-13-14-23-18/h4-7H,2-3,8-14H2,1H3. The molecular weight excluding hydrogens is 310 g/mol. The zero-order valence-electron chi connectivity index (χ0n) is 13.8. The number of likely N-dealkylation sites (tertiary alicyclic amines) is 1. The molecule has 0 aromatic heterocycles. The van der Waals surface area contributed by atoms with Crippen LogP contribution in [-0.2, 0) is 4.74 Å². The second-order valence-electron chi connectivity index (χ2n) is 6.13. The summed E-state index contributed by atoms with van der Waals surface area (Å²) in [5.74, 6) is 2.03. The van der Waals surface area contributed by atoms with E-state index in [4.69, 9.17) is 9.47 Å². The van der Waals surface area contributed by atoms with E-state index < -0.39 is 0 Å². The number of hydrogen-bond acceptors (Lipinski definition) is 4. The molecular formula is C18H25NO3S. The number of ether oxygens (including phenoxy) is 2. The minimum absolute atomic E-state index is 0.0201. The lowest BCUT2D eigenvalue weighted by Crippen LogP contribution is -2.45. The lowest BCUT2D eigenvalue weighted by molar-refractivity contribution is 0.00353. The van der Waals surface area contributed by atoms with E-state index in [0.717, 1.165) is 69.1 Å². The Labute approximate surface area is 142 Å². The predicted molar refractivity (Wildman–Crippen MR) is 93.1 cm³/mol. The van der Waals surface area contributed by atoms with Crippen molar-refractivity contribution in [2.75, 3.05) is 32.1 Å². The van der Waals surface area contributed by atoms with Crippen molar-refractivity contribution in [2.24, 2.45) is 0 Å². The normalized spacial score (nSPS) is 20.0. The number of unbranched alkanes of at least 4 members (excludes halogenated alkanes) is 1. The van der Waals surface area contributed by atoms with Gasteiger partial charge in [0.25, 0.3) is 5.91 Å². The largest absolute Gasteiger partial charge is 0.494 e. The van der Waals surface area contributed by atoms with Gasteiger partial charge in [-0.1, -0.05) is 13.3 Å². The quantitative estimate of drug-likeness (QED) is 0.771. The number of rotatable bonds is 5. The summed E-state index contributed by atoms with van der Waals surface area (Å²) in [6.45, 7) is 5.28. The maximum absolute atomic E-state index is 12.6. The van der Waals surface area contributed by atoms with Crippen LogP contribution in [0.5, 0.6) is 5.75 Å². The summed E-state index contributed by atoms with van der Waals surface area (Å²) in [6, 6.07) is 7.53. The Morgan fingerprint density at radius 1 is 1.30 bits per heavy atom. The van der Waals surface area contributed by atoms with E-state index in [2.05, 4.69) is 6.92 Å². The average Bonchev–Trinajstić information content (AvgIpc) is 3.04. The molecule has 0 radical (unpaired) electrons. The van der Waals surface area contributed by atoms with E-state index in [1.807, 2.05) is 40.9 Å². The molecule has 4 nitrogen and oxygen atoms in total. The first-order valence-electron chi connectivity index (χ1n) is 8.52. The highest BCUT2D eigenvalue weighted by Gasteiger charge is 2.40. The first-order valence-corrected chi connectivity index (χ1v) is 9.51. The molecule has 2 saturated heterocycles. The van der Waals surface area contributed by atoms with Crippen molar-refractivity contribution in [3.8, 4) is 5.75 Å². The van der Waals surface area contributed by atoms with Crippen LogP contribution in [0.2, 0.25) is 0 Å². The maximum atomic E-state index is 12.6. The van der Waals surface area contributed by atoms with E-state index >= 15 is 0 Å². The Morgan fingerprint density at radius 3 is 2.65 bits per heavy atom. The van der Waals surface area contributed by atoms with Crippen molar-refractivity contribution in [1.29, 1.82) is 0 Å². The summed E-state index contributed by atoms with van der Waals surface area (Å²) in [7, 11) is 0. The van der Waals surface area contributed by atoms with Gasteiger partial charge in [-0.15, -0.1) is 11.8 Å². The van der Waals surface area contributed by atoms with Gasteiger partial charge < -0.3 is 14.4 Å². The number of amides is 1. The Hall–Kier alpha value is -1.20. The molecule has 5 heteroatoms. The zero-order chi connectivity index (χ0) is 16.1. The van der Waals surface area contributed by atoms with Gasteiger partial charge in [-0.05, 0) is 30.7 Å². The van der Waals surface area contributed by atoms with Gasteiger partial charge in [-0.2, -0.15) is 0 Å². The van der Waals surface area contributed by atoms with Gasteiger partial charge >= 0.3 is 0 Å². The molecule has 2 aliphatic heterocycles. The number of piperidine rings is 1. The van der Waals surface area contributed by atoms with Gasteiger partial charge in [-0.25, -0.2) is 0 Å². The summed E-state index contributed by atoms with van der Waals surface area (Å²) in [5.41, 5.74) is 0.740. The molecule has 0 aliphatic carbocycles. The number of nitrogens with zero attached hydrogens (tertiary/aromatic N) is 1. The molecule has 2 heterocycles. The molecule has 1 amide bonds. The van der Waals surface area contributed by atoms with E-state index in [-0.39, 0.29) is 10.8 Å². The molecule has 3 rings (SSSR count). The van der Waals surface area contributed by atoms with Crippen molar-refractivity contribution >= 4 is 17.7 Å². The monoisotopic (exact) mass is 335 g/mol. The number of thioether (sulfide) groups is 1. The van der Waals surface area contributed by atoms with Crippen LogP contribution in [0.4, 0.5) is 0 Å². The molecule has 1 aromatic rings. The second-order valence-corrected chi connectivity index (χ2v) is 7.57. The van der Waals surface area contributed by atoms with E-state index in [9.17, 15) is 4.79 Å². The van der Waals surface area contributed by atoms with Crippen LogP contribution in [0, 0.1) is 0 Å². The Bertz CT molecular complexity index is 516. The van der Waals surface area contributed by atoms with Crippen LogP contribution >= 0.6 is 11.8 Å². The fourth-order valence-electron chi connectivity index (χ4n) is 3.05. The summed E-state index contributed by atoms with van der Waals surface area (Å²) in [6.07, 6.45) is 4.04. The molecule has 126 valence electrons. The molecule has 1 spiro atoms. The smallest absolute Gasteiger partial charge is 0.253 e. The van der Waals surface area contributed by atoms with Gasteiger partial charge in [0.1, 0.15) is 10.7 Å². The Morgan fingerprint density at radius 2 is 2.04 bits per heavy atom.